The fourth-order valence-electron chi connectivity index (χ4n) is 1.83. The van der Waals surface area contributed by atoms with Gasteiger partial charge in [0.25, 0.3) is 0 Å². The van der Waals surface area contributed by atoms with Gasteiger partial charge in [0.1, 0.15) is 0 Å². The minimum Gasteiger partial charge on any atom is -0.0760 e. The lowest BCUT2D eigenvalue weighted by Gasteiger charge is -2.17. The summed E-state index contributed by atoms with van der Waals surface area (Å²) in [6, 6.07) is 8.79. The molecule has 0 aliphatic heterocycles. The number of rotatable bonds is 5. The van der Waals surface area contributed by atoms with Crippen molar-refractivity contribution in [3.63, 3.8) is 0 Å². The second-order valence-electron chi connectivity index (χ2n) is 5.93. The topological polar surface area (TPSA) is 0 Å². The van der Waals surface area contributed by atoms with Gasteiger partial charge in [-0.3, -0.25) is 0 Å². The van der Waals surface area contributed by atoms with E-state index in [0.29, 0.717) is 5.41 Å². The van der Waals surface area contributed by atoms with Crippen molar-refractivity contribution in [1.29, 1.82) is 0 Å². The zero-order valence-corrected chi connectivity index (χ0v) is 11.7. The lowest BCUT2D eigenvalue weighted by molar-refractivity contribution is 0.411. The van der Waals surface area contributed by atoms with Crippen LogP contribution in [0, 0.1) is 11.5 Å². The number of hydrogen-bond donors (Lipinski definition) is 0. The largest absolute Gasteiger partial charge is 0.0760 e. The smallest absolute Gasteiger partial charge is 0.0149 e. The van der Waals surface area contributed by atoms with Crippen LogP contribution in [0.25, 0.3) is 0 Å². The molecule has 0 bridgehead atoms. The van der Waals surface area contributed by atoms with Gasteiger partial charge in [0.2, 0.25) is 0 Å². The van der Waals surface area contributed by atoms with Crippen LogP contribution in [0.15, 0.2) is 30.3 Å². The number of hydrogen-bond acceptors (Lipinski definition) is 0. The van der Waals surface area contributed by atoms with Gasteiger partial charge in [0.15, 0.2) is 0 Å². The molecule has 1 aromatic rings. The Labute approximate surface area is 107 Å². The van der Waals surface area contributed by atoms with Crippen LogP contribution in [0.2, 0.25) is 0 Å². The van der Waals surface area contributed by atoms with E-state index in [1.54, 1.807) is 0 Å². The fraction of sp³-hybridized carbons (Fsp3) is 0.529. The van der Waals surface area contributed by atoms with E-state index >= 15 is 0 Å². The molecule has 0 fully saturated rings. The Hall–Kier alpha value is -1.04. The molecule has 0 nitrogen and oxygen atoms in total. The summed E-state index contributed by atoms with van der Waals surface area (Å²) in [6.07, 6.45) is 10.3. The highest BCUT2D eigenvalue weighted by Gasteiger charge is 2.10. The highest BCUT2D eigenvalue weighted by Crippen LogP contribution is 2.20. The van der Waals surface area contributed by atoms with Gasteiger partial charge in [-0.2, -0.15) is 0 Å². The van der Waals surface area contributed by atoms with Crippen LogP contribution in [-0.2, 0) is 6.42 Å². The first-order valence-corrected chi connectivity index (χ1v) is 6.68. The molecule has 93 valence electrons. The monoisotopic (exact) mass is 229 g/mol. The SMILES string of the molecule is CCCC/C=[C]\c1ccc(CC(C)(C)C)cc1. The Morgan fingerprint density at radius 3 is 2.29 bits per heavy atom. The van der Waals surface area contributed by atoms with Crippen LogP contribution >= 0.6 is 0 Å². The van der Waals surface area contributed by atoms with Gasteiger partial charge < -0.3 is 0 Å². The van der Waals surface area contributed by atoms with E-state index in [9.17, 15) is 0 Å². The Morgan fingerprint density at radius 1 is 1.12 bits per heavy atom. The summed E-state index contributed by atoms with van der Waals surface area (Å²) in [6.45, 7) is 9.04. The van der Waals surface area contributed by atoms with Crippen LogP contribution in [0.1, 0.15) is 58.1 Å². The third kappa shape index (κ3) is 6.31. The average Bonchev–Trinajstić information content (AvgIpc) is 2.25. The molecule has 1 rings (SSSR count). The molecule has 0 unspecified atom stereocenters. The van der Waals surface area contributed by atoms with E-state index in [1.165, 1.54) is 24.0 Å². The molecule has 17 heavy (non-hydrogen) atoms. The molecule has 0 N–H and O–H groups in total. The van der Waals surface area contributed by atoms with Gasteiger partial charge >= 0.3 is 0 Å². The zero-order valence-electron chi connectivity index (χ0n) is 11.7. The number of allylic oxidation sites excluding steroid dienone is 1. The zero-order chi connectivity index (χ0) is 12.7. The van der Waals surface area contributed by atoms with E-state index in [1.807, 2.05) is 0 Å². The Bertz CT molecular complexity index is 335. The van der Waals surface area contributed by atoms with Crippen LogP contribution in [-0.4, -0.2) is 0 Å². The van der Waals surface area contributed by atoms with Crippen LogP contribution in [0.4, 0.5) is 0 Å². The minimum atomic E-state index is 0.363. The van der Waals surface area contributed by atoms with E-state index in [4.69, 9.17) is 0 Å². The number of unbranched alkanes of at least 4 members (excludes halogenated alkanes) is 2. The van der Waals surface area contributed by atoms with Crippen molar-refractivity contribution in [2.45, 2.75) is 53.4 Å². The molecule has 0 heterocycles. The maximum absolute atomic E-state index is 3.34. The molecule has 0 saturated carbocycles. The fourth-order valence-corrected chi connectivity index (χ4v) is 1.83. The molecule has 1 radical (unpaired) electrons. The van der Waals surface area contributed by atoms with Crippen LogP contribution < -0.4 is 0 Å². The quantitative estimate of drug-likeness (QED) is 0.611. The number of benzene rings is 1. The molecule has 0 saturated heterocycles. The predicted octanol–water partition coefficient (Wildman–Crippen LogP) is 5.17. The summed E-state index contributed by atoms with van der Waals surface area (Å²) in [5.41, 5.74) is 2.97. The second-order valence-corrected chi connectivity index (χ2v) is 5.93. The summed E-state index contributed by atoms with van der Waals surface area (Å²) >= 11 is 0. The second kappa shape index (κ2) is 6.64. The van der Waals surface area contributed by atoms with Crippen molar-refractivity contribution in [1.82, 2.24) is 0 Å². The maximum Gasteiger partial charge on any atom is -0.0149 e. The van der Waals surface area contributed by atoms with Crippen LogP contribution in [0.3, 0.4) is 0 Å². The van der Waals surface area contributed by atoms with Crippen molar-refractivity contribution < 1.29 is 0 Å². The molecular weight excluding hydrogens is 204 g/mol. The molecule has 0 aliphatic carbocycles. The third-order valence-corrected chi connectivity index (χ3v) is 2.66. The van der Waals surface area contributed by atoms with Gasteiger partial charge in [-0.15, -0.1) is 0 Å². The van der Waals surface area contributed by atoms with Gasteiger partial charge in [-0.05, 0) is 35.5 Å². The van der Waals surface area contributed by atoms with Crippen molar-refractivity contribution in [3.8, 4) is 0 Å². The molecule has 0 aliphatic rings. The highest BCUT2D eigenvalue weighted by atomic mass is 14.2. The molecule has 1 aromatic carbocycles. The Morgan fingerprint density at radius 2 is 1.76 bits per heavy atom. The lowest BCUT2D eigenvalue weighted by atomic mass is 9.88. The Kier molecular flexibility index (Phi) is 5.47. The van der Waals surface area contributed by atoms with E-state index < -0.39 is 0 Å². The van der Waals surface area contributed by atoms with Crippen molar-refractivity contribution in [2.75, 3.05) is 0 Å². The Balaban J connectivity index is 2.53. The van der Waals surface area contributed by atoms with Gasteiger partial charge in [0.05, 0.1) is 0 Å². The summed E-state index contributed by atoms with van der Waals surface area (Å²) in [5.74, 6) is 0. The van der Waals surface area contributed by atoms with Crippen molar-refractivity contribution in [2.24, 2.45) is 5.41 Å². The van der Waals surface area contributed by atoms with Crippen molar-refractivity contribution in [3.05, 3.63) is 47.5 Å². The first-order valence-electron chi connectivity index (χ1n) is 6.68. The molecule has 0 atom stereocenters. The van der Waals surface area contributed by atoms with Gasteiger partial charge in [-0.1, -0.05) is 70.9 Å². The van der Waals surface area contributed by atoms with Crippen LogP contribution in [0.5, 0.6) is 0 Å². The minimum absolute atomic E-state index is 0.363. The van der Waals surface area contributed by atoms with Gasteiger partial charge in [-0.25, -0.2) is 0 Å². The average molecular weight is 229 g/mol. The molecule has 0 aromatic heterocycles. The van der Waals surface area contributed by atoms with Crippen molar-refractivity contribution >= 4 is 0 Å². The van der Waals surface area contributed by atoms with E-state index in [-0.39, 0.29) is 0 Å². The predicted molar refractivity (Wildman–Crippen MR) is 76.0 cm³/mol. The first-order chi connectivity index (χ1) is 8.01. The molecular formula is C17H25. The van der Waals surface area contributed by atoms with E-state index in [0.717, 1.165) is 12.8 Å². The standard InChI is InChI=1S/C17H25/c1-5-6-7-8-9-15-10-12-16(13-11-15)14-17(2,3)4/h8,10-13H,5-7,14H2,1-4H3. The summed E-state index contributed by atoms with van der Waals surface area (Å²) in [4.78, 5) is 0. The molecule has 0 amide bonds. The highest BCUT2D eigenvalue weighted by molar-refractivity contribution is 5.27. The first kappa shape index (κ1) is 14.0. The summed E-state index contributed by atoms with van der Waals surface area (Å²) < 4.78 is 0. The third-order valence-electron chi connectivity index (χ3n) is 2.66. The van der Waals surface area contributed by atoms with Gasteiger partial charge in [0, 0.05) is 0 Å². The lowest BCUT2D eigenvalue weighted by Crippen LogP contribution is -2.08. The molecule has 0 spiro atoms. The van der Waals surface area contributed by atoms with E-state index in [2.05, 4.69) is 64.1 Å². The summed E-state index contributed by atoms with van der Waals surface area (Å²) in [5, 5.41) is 0. The summed E-state index contributed by atoms with van der Waals surface area (Å²) in [7, 11) is 0. The maximum atomic E-state index is 3.34. The molecule has 0 heteroatoms. The normalized spacial score (nSPS) is 12.2.